The molecule has 0 atom stereocenters. The number of furan rings is 2. The molecule has 0 amide bonds. The quantitative estimate of drug-likeness (QED) is 0.173. The van der Waals surface area contributed by atoms with E-state index >= 15 is 0 Å². The van der Waals surface area contributed by atoms with Crippen LogP contribution in [0.1, 0.15) is 0 Å². The van der Waals surface area contributed by atoms with Gasteiger partial charge in [-0.05, 0) is 93.9 Å². The maximum absolute atomic E-state index is 6.83. The summed E-state index contributed by atoms with van der Waals surface area (Å²) in [5.41, 5.74) is 13.8. The van der Waals surface area contributed by atoms with Crippen LogP contribution in [-0.2, 0) is 0 Å². The van der Waals surface area contributed by atoms with E-state index in [2.05, 4.69) is 193 Å². The molecule has 2 heterocycles. The summed E-state index contributed by atoms with van der Waals surface area (Å²) in [6, 6.07) is 70.8. The minimum atomic E-state index is 0.901. The zero-order valence-electron chi connectivity index (χ0n) is 29.8. The molecule has 11 rings (SSSR count). The maximum Gasteiger partial charge on any atom is 0.143 e. The Kier molecular flexibility index (Phi) is 7.17. The smallest absolute Gasteiger partial charge is 0.143 e. The zero-order chi connectivity index (χ0) is 36.3. The van der Waals surface area contributed by atoms with E-state index in [-0.39, 0.29) is 0 Å². The molecule has 258 valence electrons. The molecule has 0 saturated carbocycles. The third-order valence-corrected chi connectivity index (χ3v) is 10.9. The van der Waals surface area contributed by atoms with Gasteiger partial charge in [-0.25, -0.2) is 0 Å². The second-order valence-corrected chi connectivity index (χ2v) is 14.1. The van der Waals surface area contributed by atoms with E-state index < -0.39 is 0 Å². The van der Waals surface area contributed by atoms with Gasteiger partial charge >= 0.3 is 0 Å². The molecule has 0 fully saturated rings. The zero-order valence-corrected chi connectivity index (χ0v) is 29.8. The molecule has 0 saturated heterocycles. The first-order valence-electron chi connectivity index (χ1n) is 18.7. The highest BCUT2D eigenvalue weighted by Crippen LogP contribution is 2.43. The molecular weight excluding hydrogens is 671 g/mol. The summed E-state index contributed by atoms with van der Waals surface area (Å²) >= 11 is 0. The molecule has 3 nitrogen and oxygen atoms in total. The molecule has 0 aliphatic heterocycles. The van der Waals surface area contributed by atoms with Gasteiger partial charge in [0.1, 0.15) is 22.3 Å². The van der Waals surface area contributed by atoms with E-state index in [0.29, 0.717) is 0 Å². The molecule has 0 unspecified atom stereocenters. The molecule has 3 heteroatoms. The fourth-order valence-corrected chi connectivity index (χ4v) is 8.23. The molecule has 2 aromatic heterocycles. The first-order chi connectivity index (χ1) is 27.3. The average molecular weight is 704 g/mol. The number of benzene rings is 9. The molecule has 9 aromatic carbocycles. The van der Waals surface area contributed by atoms with Crippen molar-refractivity contribution in [1.29, 1.82) is 0 Å². The predicted octanol–water partition coefficient (Wildman–Crippen LogP) is 15.1. The van der Waals surface area contributed by atoms with Crippen molar-refractivity contribution in [3.8, 4) is 33.4 Å². The minimum Gasteiger partial charge on any atom is -0.456 e. The average Bonchev–Trinajstić information content (AvgIpc) is 3.83. The molecule has 0 aliphatic rings. The van der Waals surface area contributed by atoms with Gasteiger partial charge in [0.05, 0.1) is 0 Å². The summed E-state index contributed by atoms with van der Waals surface area (Å²) in [4.78, 5) is 2.30. The van der Waals surface area contributed by atoms with Crippen LogP contribution < -0.4 is 4.90 Å². The van der Waals surface area contributed by atoms with Gasteiger partial charge in [0, 0.05) is 49.6 Å². The topological polar surface area (TPSA) is 29.5 Å². The monoisotopic (exact) mass is 703 g/mol. The number of hydrogen-bond acceptors (Lipinski definition) is 3. The van der Waals surface area contributed by atoms with E-state index in [0.717, 1.165) is 88.6 Å². The van der Waals surface area contributed by atoms with Gasteiger partial charge in [-0.2, -0.15) is 0 Å². The fraction of sp³-hybridized carbons (Fsp3) is 0. The van der Waals surface area contributed by atoms with Gasteiger partial charge in [-0.15, -0.1) is 0 Å². The van der Waals surface area contributed by atoms with Gasteiger partial charge < -0.3 is 13.7 Å². The lowest BCUT2D eigenvalue weighted by Crippen LogP contribution is -2.09. The summed E-state index contributed by atoms with van der Waals surface area (Å²) in [5, 5.41) is 6.82. The Labute approximate surface area is 317 Å². The summed E-state index contributed by atoms with van der Waals surface area (Å²) < 4.78 is 12.9. The first kappa shape index (κ1) is 31.2. The lowest BCUT2D eigenvalue weighted by molar-refractivity contribution is 0.669. The second kappa shape index (κ2) is 12.6. The molecule has 0 N–H and O–H groups in total. The number of hydrogen-bond donors (Lipinski definition) is 0. The second-order valence-electron chi connectivity index (χ2n) is 14.1. The van der Waals surface area contributed by atoms with Crippen LogP contribution in [0.15, 0.2) is 209 Å². The third-order valence-electron chi connectivity index (χ3n) is 10.9. The van der Waals surface area contributed by atoms with Crippen LogP contribution in [-0.4, -0.2) is 0 Å². The summed E-state index contributed by atoms with van der Waals surface area (Å²) in [7, 11) is 0. The van der Waals surface area contributed by atoms with Crippen molar-refractivity contribution in [3.63, 3.8) is 0 Å². The highest BCUT2D eigenvalue weighted by molar-refractivity contribution is 6.20. The van der Waals surface area contributed by atoms with E-state index in [9.17, 15) is 0 Å². The fourth-order valence-electron chi connectivity index (χ4n) is 8.23. The molecular formula is C52H33NO2. The number of anilines is 3. The molecule has 0 radical (unpaired) electrons. The molecule has 0 bridgehead atoms. The lowest BCUT2D eigenvalue weighted by Gasteiger charge is -2.26. The molecule has 0 spiro atoms. The van der Waals surface area contributed by atoms with Gasteiger partial charge in [-0.1, -0.05) is 140 Å². The summed E-state index contributed by atoms with van der Waals surface area (Å²) in [6.45, 7) is 0. The van der Waals surface area contributed by atoms with Gasteiger partial charge in [0.25, 0.3) is 0 Å². The van der Waals surface area contributed by atoms with Crippen molar-refractivity contribution in [2.45, 2.75) is 0 Å². The Morgan fingerprint density at radius 1 is 0.273 bits per heavy atom. The van der Waals surface area contributed by atoms with Crippen molar-refractivity contribution in [1.82, 2.24) is 0 Å². The van der Waals surface area contributed by atoms with Crippen LogP contribution in [0.4, 0.5) is 17.1 Å². The van der Waals surface area contributed by atoms with Crippen molar-refractivity contribution < 1.29 is 8.83 Å². The van der Waals surface area contributed by atoms with E-state index in [1.54, 1.807) is 0 Å². The normalized spacial score (nSPS) is 11.6. The highest BCUT2D eigenvalue weighted by Gasteiger charge is 2.19. The predicted molar refractivity (Wildman–Crippen MR) is 229 cm³/mol. The van der Waals surface area contributed by atoms with Crippen LogP contribution in [0.25, 0.3) is 88.0 Å². The molecule has 0 aliphatic carbocycles. The molecule has 55 heavy (non-hydrogen) atoms. The van der Waals surface area contributed by atoms with Crippen LogP contribution in [0.2, 0.25) is 0 Å². The Balaban J connectivity index is 0.977. The van der Waals surface area contributed by atoms with Crippen LogP contribution >= 0.6 is 0 Å². The summed E-state index contributed by atoms with van der Waals surface area (Å²) in [6.07, 6.45) is 0. The van der Waals surface area contributed by atoms with Gasteiger partial charge in [0.2, 0.25) is 0 Å². The SMILES string of the molecule is c1ccc(-c2cc3c4cccc(-c5ccc(N(c6ccccc6)c6ccc(-c7ccc8oc9ccccc9c8c7)cc6)cc5)c4oc3c3ccccc23)cc1. The number of para-hydroxylation sites is 3. The minimum absolute atomic E-state index is 0.901. The Hall–Kier alpha value is -7.36. The van der Waals surface area contributed by atoms with Crippen LogP contribution in [0, 0.1) is 0 Å². The number of nitrogens with zero attached hydrogens (tertiary/aromatic N) is 1. The standard InChI is InChI=1S/C52H33NO2/c1-3-12-35(13-4-1)46-33-48-45-20-11-19-41(51(45)55-52(48)44-18-8-7-16-42(44)46)36-24-29-40(30-25-36)53(38-14-5-2-6-15-38)39-27-22-34(23-28-39)37-26-31-50-47(32-37)43-17-9-10-21-49(43)54-50/h1-33H. The van der Waals surface area contributed by atoms with Gasteiger partial charge in [-0.3, -0.25) is 0 Å². The summed E-state index contributed by atoms with van der Waals surface area (Å²) in [5.74, 6) is 0. The Morgan fingerprint density at radius 3 is 1.58 bits per heavy atom. The molecule has 11 aromatic rings. The number of fused-ring (bicyclic) bond motifs is 8. The van der Waals surface area contributed by atoms with Crippen molar-refractivity contribution >= 4 is 71.7 Å². The van der Waals surface area contributed by atoms with Crippen molar-refractivity contribution in [2.24, 2.45) is 0 Å². The van der Waals surface area contributed by atoms with E-state index in [1.807, 2.05) is 12.1 Å². The first-order valence-corrected chi connectivity index (χ1v) is 18.7. The Bertz CT molecular complexity index is 3180. The van der Waals surface area contributed by atoms with Crippen molar-refractivity contribution in [3.05, 3.63) is 200 Å². The van der Waals surface area contributed by atoms with Crippen LogP contribution in [0.5, 0.6) is 0 Å². The van der Waals surface area contributed by atoms with Crippen LogP contribution in [0.3, 0.4) is 0 Å². The van der Waals surface area contributed by atoms with Gasteiger partial charge in [0.15, 0.2) is 0 Å². The highest BCUT2D eigenvalue weighted by atomic mass is 16.3. The third kappa shape index (κ3) is 5.20. The van der Waals surface area contributed by atoms with E-state index in [4.69, 9.17) is 8.83 Å². The maximum atomic E-state index is 6.83. The van der Waals surface area contributed by atoms with Crippen molar-refractivity contribution in [2.75, 3.05) is 4.90 Å². The lowest BCUT2D eigenvalue weighted by atomic mass is 9.95. The number of rotatable bonds is 6. The van der Waals surface area contributed by atoms with E-state index in [1.165, 1.54) is 16.5 Å². The Morgan fingerprint density at radius 2 is 0.818 bits per heavy atom. The largest absolute Gasteiger partial charge is 0.456 e.